The van der Waals surface area contributed by atoms with Crippen LogP contribution in [0.1, 0.15) is 57.1 Å². The average Bonchev–Trinajstić information content (AvgIpc) is 3.23. The summed E-state index contributed by atoms with van der Waals surface area (Å²) in [6, 6.07) is 7.02. The number of fused-ring (bicyclic) bond motifs is 1. The zero-order valence-corrected chi connectivity index (χ0v) is 18.3. The SMILES string of the molecule is CCN(CC)Cc1ccc(Nc2nc(NC3CCCCC3)c3nc[nH]c3n2)c(C)c1. The lowest BCUT2D eigenvalue weighted by Gasteiger charge is -2.23. The van der Waals surface area contributed by atoms with Crippen LogP contribution in [0.3, 0.4) is 0 Å². The van der Waals surface area contributed by atoms with Crippen molar-refractivity contribution in [3.05, 3.63) is 35.7 Å². The van der Waals surface area contributed by atoms with E-state index in [1.807, 2.05) is 0 Å². The van der Waals surface area contributed by atoms with Gasteiger partial charge in [-0.2, -0.15) is 9.97 Å². The molecule has 0 bridgehead atoms. The zero-order chi connectivity index (χ0) is 20.9. The van der Waals surface area contributed by atoms with Crippen LogP contribution < -0.4 is 10.6 Å². The standard InChI is InChI=1S/C23H33N7/c1-4-30(5-2)14-17-11-12-19(16(3)13-17)27-23-28-21-20(24-15-25-21)22(29-23)26-18-9-7-6-8-10-18/h11-13,15,18H,4-10,14H2,1-3H3,(H3,24,25,26,27,28,29). The van der Waals surface area contributed by atoms with Crippen LogP contribution in [-0.2, 0) is 6.54 Å². The minimum absolute atomic E-state index is 0.461. The third kappa shape index (κ3) is 4.73. The van der Waals surface area contributed by atoms with Gasteiger partial charge in [-0.1, -0.05) is 45.2 Å². The van der Waals surface area contributed by atoms with E-state index in [0.29, 0.717) is 12.0 Å². The number of benzene rings is 1. The fourth-order valence-electron chi connectivity index (χ4n) is 4.22. The van der Waals surface area contributed by atoms with Crippen molar-refractivity contribution in [3.63, 3.8) is 0 Å². The van der Waals surface area contributed by atoms with Crippen molar-refractivity contribution in [2.75, 3.05) is 23.7 Å². The van der Waals surface area contributed by atoms with Gasteiger partial charge < -0.3 is 15.6 Å². The van der Waals surface area contributed by atoms with E-state index in [1.54, 1.807) is 6.33 Å². The number of nitrogens with one attached hydrogen (secondary N) is 3. The molecule has 1 aliphatic rings. The summed E-state index contributed by atoms with van der Waals surface area (Å²) >= 11 is 0. The van der Waals surface area contributed by atoms with Crippen molar-refractivity contribution >= 4 is 28.6 Å². The highest BCUT2D eigenvalue weighted by Crippen LogP contribution is 2.27. The molecule has 0 atom stereocenters. The highest BCUT2D eigenvalue weighted by molar-refractivity contribution is 5.84. The van der Waals surface area contributed by atoms with Gasteiger partial charge in [0.1, 0.15) is 5.52 Å². The van der Waals surface area contributed by atoms with Crippen molar-refractivity contribution in [2.45, 2.75) is 65.5 Å². The van der Waals surface area contributed by atoms with Gasteiger partial charge in [0.25, 0.3) is 0 Å². The minimum atomic E-state index is 0.461. The second-order valence-corrected chi connectivity index (χ2v) is 8.21. The van der Waals surface area contributed by atoms with Gasteiger partial charge >= 0.3 is 0 Å². The molecule has 30 heavy (non-hydrogen) atoms. The maximum Gasteiger partial charge on any atom is 0.231 e. The highest BCUT2D eigenvalue weighted by atomic mass is 15.2. The van der Waals surface area contributed by atoms with Crippen LogP contribution in [0.4, 0.5) is 17.5 Å². The highest BCUT2D eigenvalue weighted by Gasteiger charge is 2.17. The Morgan fingerprint density at radius 3 is 2.63 bits per heavy atom. The molecule has 3 aromatic rings. The van der Waals surface area contributed by atoms with E-state index in [4.69, 9.17) is 4.98 Å². The average molecular weight is 408 g/mol. The van der Waals surface area contributed by atoms with Gasteiger partial charge in [-0.05, 0) is 50.0 Å². The third-order valence-corrected chi connectivity index (χ3v) is 6.06. The van der Waals surface area contributed by atoms with Crippen molar-refractivity contribution in [1.29, 1.82) is 0 Å². The Kier molecular flexibility index (Phi) is 6.47. The summed E-state index contributed by atoms with van der Waals surface area (Å²) in [5.74, 6) is 1.40. The number of hydrogen-bond acceptors (Lipinski definition) is 6. The Bertz CT molecular complexity index is 971. The van der Waals surface area contributed by atoms with E-state index in [1.165, 1.54) is 43.2 Å². The number of hydrogen-bond donors (Lipinski definition) is 3. The van der Waals surface area contributed by atoms with Gasteiger partial charge in [-0.15, -0.1) is 0 Å². The number of aryl methyl sites for hydroxylation is 1. The molecular formula is C23H33N7. The van der Waals surface area contributed by atoms with E-state index in [2.05, 4.69) is 69.5 Å². The molecule has 1 saturated carbocycles. The summed E-state index contributed by atoms with van der Waals surface area (Å²) in [5.41, 5.74) is 5.10. The Morgan fingerprint density at radius 1 is 1.10 bits per heavy atom. The smallest absolute Gasteiger partial charge is 0.231 e. The van der Waals surface area contributed by atoms with E-state index in [0.717, 1.165) is 42.3 Å². The van der Waals surface area contributed by atoms with Crippen LogP contribution >= 0.6 is 0 Å². The lowest BCUT2D eigenvalue weighted by Crippen LogP contribution is -2.23. The van der Waals surface area contributed by atoms with Gasteiger partial charge in [0.15, 0.2) is 11.5 Å². The van der Waals surface area contributed by atoms with Gasteiger partial charge in [0, 0.05) is 18.3 Å². The molecule has 0 spiro atoms. The second kappa shape index (κ2) is 9.43. The summed E-state index contributed by atoms with van der Waals surface area (Å²) in [6.07, 6.45) is 7.93. The molecule has 1 fully saturated rings. The Labute approximate surface area is 178 Å². The van der Waals surface area contributed by atoms with Gasteiger partial charge in [-0.3, -0.25) is 4.90 Å². The first-order valence-electron chi connectivity index (χ1n) is 11.2. The predicted molar refractivity (Wildman–Crippen MR) is 123 cm³/mol. The summed E-state index contributed by atoms with van der Waals surface area (Å²) in [6.45, 7) is 9.63. The normalized spacial score (nSPS) is 15.1. The lowest BCUT2D eigenvalue weighted by molar-refractivity contribution is 0.296. The van der Waals surface area contributed by atoms with Crippen molar-refractivity contribution in [3.8, 4) is 0 Å². The number of anilines is 3. The van der Waals surface area contributed by atoms with Crippen LogP contribution in [0.25, 0.3) is 11.2 Å². The number of imidazole rings is 1. The molecule has 3 N–H and O–H groups in total. The van der Waals surface area contributed by atoms with Crippen LogP contribution in [0.5, 0.6) is 0 Å². The molecule has 1 aliphatic carbocycles. The van der Waals surface area contributed by atoms with E-state index < -0.39 is 0 Å². The molecule has 160 valence electrons. The molecule has 0 aliphatic heterocycles. The quantitative estimate of drug-likeness (QED) is 0.488. The van der Waals surface area contributed by atoms with E-state index in [9.17, 15) is 0 Å². The number of nitrogens with zero attached hydrogens (tertiary/aromatic N) is 4. The molecule has 7 heteroatoms. The Morgan fingerprint density at radius 2 is 1.90 bits per heavy atom. The van der Waals surface area contributed by atoms with Crippen LogP contribution in [0, 0.1) is 6.92 Å². The number of rotatable bonds is 8. The van der Waals surface area contributed by atoms with E-state index >= 15 is 0 Å². The molecule has 4 rings (SSSR count). The van der Waals surface area contributed by atoms with Crippen molar-refractivity contribution in [2.24, 2.45) is 0 Å². The first-order chi connectivity index (χ1) is 14.7. The number of aromatic amines is 1. The third-order valence-electron chi connectivity index (χ3n) is 6.06. The molecule has 0 amide bonds. The fraction of sp³-hybridized carbons (Fsp3) is 0.522. The van der Waals surface area contributed by atoms with Crippen LogP contribution in [0.2, 0.25) is 0 Å². The number of aromatic nitrogens is 4. The summed E-state index contributed by atoms with van der Waals surface area (Å²) in [7, 11) is 0. The summed E-state index contributed by atoms with van der Waals surface area (Å²) < 4.78 is 0. The first-order valence-corrected chi connectivity index (χ1v) is 11.2. The monoisotopic (exact) mass is 407 g/mol. The number of H-pyrrole nitrogens is 1. The van der Waals surface area contributed by atoms with Gasteiger partial charge in [0.05, 0.1) is 6.33 Å². The largest absolute Gasteiger partial charge is 0.365 e. The topological polar surface area (TPSA) is 81.8 Å². The molecular weight excluding hydrogens is 374 g/mol. The van der Waals surface area contributed by atoms with Crippen LogP contribution in [0.15, 0.2) is 24.5 Å². The Hall–Kier alpha value is -2.67. The summed E-state index contributed by atoms with van der Waals surface area (Å²) in [4.78, 5) is 19.4. The lowest BCUT2D eigenvalue weighted by atomic mass is 9.95. The molecule has 7 nitrogen and oxygen atoms in total. The molecule has 0 saturated heterocycles. The maximum absolute atomic E-state index is 4.78. The predicted octanol–water partition coefficient (Wildman–Crippen LogP) is 4.99. The van der Waals surface area contributed by atoms with Crippen molar-refractivity contribution < 1.29 is 0 Å². The molecule has 1 aromatic carbocycles. The fourth-order valence-corrected chi connectivity index (χ4v) is 4.22. The molecule has 0 unspecified atom stereocenters. The Balaban J connectivity index is 1.54. The van der Waals surface area contributed by atoms with Gasteiger partial charge in [0.2, 0.25) is 5.95 Å². The summed E-state index contributed by atoms with van der Waals surface area (Å²) in [5, 5.41) is 7.03. The van der Waals surface area contributed by atoms with Crippen LogP contribution in [-0.4, -0.2) is 44.0 Å². The van der Waals surface area contributed by atoms with Gasteiger partial charge in [-0.25, -0.2) is 4.98 Å². The molecule has 2 heterocycles. The zero-order valence-electron chi connectivity index (χ0n) is 18.3. The maximum atomic E-state index is 4.78. The first kappa shape index (κ1) is 20.6. The minimum Gasteiger partial charge on any atom is -0.365 e. The van der Waals surface area contributed by atoms with E-state index in [-0.39, 0.29) is 0 Å². The second-order valence-electron chi connectivity index (χ2n) is 8.21. The molecule has 2 aromatic heterocycles. The molecule has 0 radical (unpaired) electrons. The van der Waals surface area contributed by atoms with Crippen molar-refractivity contribution in [1.82, 2.24) is 24.8 Å².